The van der Waals surface area contributed by atoms with Crippen molar-refractivity contribution in [3.63, 3.8) is 0 Å². The fourth-order valence-electron chi connectivity index (χ4n) is 1.81. The predicted octanol–water partition coefficient (Wildman–Crippen LogP) is 5.27. The molecule has 0 fully saturated rings. The summed E-state index contributed by atoms with van der Waals surface area (Å²) in [6.45, 7) is 2.21. The second-order valence-electron chi connectivity index (χ2n) is 4.19. The highest BCUT2D eigenvalue weighted by molar-refractivity contribution is 7.99. The molecular weight excluding hydrogens is 271 g/mol. The standard InChI is InChI=1S/C14H20Cl2S/c1-2-17-9-3-4-13(11-15)10-12-5-7-14(16)8-6-12/h5-8,13H,2-4,9-11H2,1H3. The maximum absolute atomic E-state index is 6.03. The number of alkyl halides is 1. The lowest BCUT2D eigenvalue weighted by Crippen LogP contribution is -2.07. The van der Waals surface area contributed by atoms with Crippen LogP contribution in [0, 0.1) is 5.92 Å². The van der Waals surface area contributed by atoms with E-state index in [0.29, 0.717) is 5.92 Å². The van der Waals surface area contributed by atoms with E-state index < -0.39 is 0 Å². The van der Waals surface area contributed by atoms with Crippen LogP contribution >= 0.6 is 35.0 Å². The molecule has 1 rings (SSSR count). The molecule has 96 valence electrons. The quantitative estimate of drug-likeness (QED) is 0.464. The van der Waals surface area contributed by atoms with Crippen molar-refractivity contribution in [3.05, 3.63) is 34.9 Å². The molecule has 1 atom stereocenters. The lowest BCUT2D eigenvalue weighted by molar-refractivity contribution is 0.530. The number of rotatable bonds is 8. The van der Waals surface area contributed by atoms with E-state index in [-0.39, 0.29) is 0 Å². The van der Waals surface area contributed by atoms with Crippen LogP contribution in [-0.4, -0.2) is 17.4 Å². The molecule has 0 heterocycles. The van der Waals surface area contributed by atoms with Crippen LogP contribution in [0.1, 0.15) is 25.3 Å². The van der Waals surface area contributed by atoms with Gasteiger partial charge in [-0.05, 0) is 54.4 Å². The van der Waals surface area contributed by atoms with Gasteiger partial charge in [0, 0.05) is 10.9 Å². The summed E-state index contributed by atoms with van der Waals surface area (Å²) in [7, 11) is 0. The number of halogens is 2. The van der Waals surface area contributed by atoms with Crippen LogP contribution in [0.15, 0.2) is 24.3 Å². The molecule has 0 spiro atoms. The van der Waals surface area contributed by atoms with Gasteiger partial charge in [0.2, 0.25) is 0 Å². The highest BCUT2D eigenvalue weighted by Crippen LogP contribution is 2.19. The molecule has 1 unspecified atom stereocenters. The molecule has 0 aliphatic rings. The molecule has 0 amide bonds. The average Bonchev–Trinajstić information content (AvgIpc) is 2.35. The van der Waals surface area contributed by atoms with Crippen molar-refractivity contribution in [2.24, 2.45) is 5.92 Å². The fourth-order valence-corrected chi connectivity index (χ4v) is 2.85. The number of thioether (sulfide) groups is 1. The van der Waals surface area contributed by atoms with Gasteiger partial charge in [-0.25, -0.2) is 0 Å². The van der Waals surface area contributed by atoms with E-state index in [2.05, 4.69) is 19.1 Å². The van der Waals surface area contributed by atoms with E-state index >= 15 is 0 Å². The van der Waals surface area contributed by atoms with Crippen molar-refractivity contribution in [1.29, 1.82) is 0 Å². The van der Waals surface area contributed by atoms with Crippen molar-refractivity contribution >= 4 is 35.0 Å². The Balaban J connectivity index is 2.33. The van der Waals surface area contributed by atoms with E-state index in [1.54, 1.807) is 0 Å². The van der Waals surface area contributed by atoms with Gasteiger partial charge in [0.15, 0.2) is 0 Å². The van der Waals surface area contributed by atoms with Crippen molar-refractivity contribution in [3.8, 4) is 0 Å². The second kappa shape index (κ2) is 9.13. The SMILES string of the molecule is CCSCCCC(CCl)Cc1ccc(Cl)cc1. The van der Waals surface area contributed by atoms with E-state index in [1.165, 1.54) is 29.9 Å². The molecule has 0 N–H and O–H groups in total. The zero-order valence-corrected chi connectivity index (χ0v) is 12.6. The average molecular weight is 291 g/mol. The summed E-state index contributed by atoms with van der Waals surface area (Å²) in [5, 5.41) is 0.801. The molecule has 0 aliphatic heterocycles. The summed E-state index contributed by atoms with van der Waals surface area (Å²) < 4.78 is 0. The molecular formula is C14H20Cl2S. The topological polar surface area (TPSA) is 0 Å². The summed E-state index contributed by atoms with van der Waals surface area (Å²) in [5.41, 5.74) is 1.34. The Labute approximate surface area is 119 Å². The fraction of sp³-hybridized carbons (Fsp3) is 0.571. The zero-order valence-electron chi connectivity index (χ0n) is 10.3. The van der Waals surface area contributed by atoms with Gasteiger partial charge in [-0.1, -0.05) is 30.7 Å². The lowest BCUT2D eigenvalue weighted by atomic mass is 9.97. The molecule has 0 saturated carbocycles. The van der Waals surface area contributed by atoms with Crippen LogP contribution in [0.2, 0.25) is 5.02 Å². The molecule has 0 saturated heterocycles. The van der Waals surface area contributed by atoms with Gasteiger partial charge >= 0.3 is 0 Å². The maximum Gasteiger partial charge on any atom is 0.0406 e. The second-order valence-corrected chi connectivity index (χ2v) is 6.33. The summed E-state index contributed by atoms with van der Waals surface area (Å²) in [6, 6.07) is 8.11. The molecule has 0 aromatic heterocycles. The molecule has 1 aromatic carbocycles. The van der Waals surface area contributed by atoms with E-state index in [4.69, 9.17) is 23.2 Å². The summed E-state index contributed by atoms with van der Waals surface area (Å²) in [6.07, 6.45) is 3.56. The minimum Gasteiger partial charge on any atom is -0.162 e. The van der Waals surface area contributed by atoms with Crippen LogP contribution in [0.5, 0.6) is 0 Å². The lowest BCUT2D eigenvalue weighted by Gasteiger charge is -2.13. The van der Waals surface area contributed by atoms with Crippen LogP contribution in [0.25, 0.3) is 0 Å². The van der Waals surface area contributed by atoms with Gasteiger partial charge in [0.25, 0.3) is 0 Å². The first kappa shape index (κ1) is 15.2. The Morgan fingerprint density at radius 1 is 1.24 bits per heavy atom. The van der Waals surface area contributed by atoms with Crippen molar-refractivity contribution < 1.29 is 0 Å². The van der Waals surface area contributed by atoms with Crippen molar-refractivity contribution in [2.75, 3.05) is 17.4 Å². The van der Waals surface area contributed by atoms with Crippen LogP contribution < -0.4 is 0 Å². The van der Waals surface area contributed by atoms with E-state index in [9.17, 15) is 0 Å². The predicted molar refractivity (Wildman–Crippen MR) is 81.6 cm³/mol. The first-order chi connectivity index (χ1) is 8.26. The van der Waals surface area contributed by atoms with Gasteiger partial charge in [-0.2, -0.15) is 11.8 Å². The monoisotopic (exact) mass is 290 g/mol. The third-order valence-corrected chi connectivity index (χ3v) is 4.44. The zero-order chi connectivity index (χ0) is 12.5. The first-order valence-electron chi connectivity index (χ1n) is 6.14. The molecule has 0 aliphatic carbocycles. The van der Waals surface area contributed by atoms with Crippen molar-refractivity contribution in [1.82, 2.24) is 0 Å². The summed E-state index contributed by atoms with van der Waals surface area (Å²) >= 11 is 13.9. The summed E-state index contributed by atoms with van der Waals surface area (Å²) in [5.74, 6) is 3.81. The first-order valence-corrected chi connectivity index (χ1v) is 8.21. The highest BCUT2D eigenvalue weighted by atomic mass is 35.5. The number of hydrogen-bond acceptors (Lipinski definition) is 1. The molecule has 3 heteroatoms. The molecule has 0 bridgehead atoms. The Hall–Kier alpha value is 0.150. The molecule has 0 nitrogen and oxygen atoms in total. The van der Waals surface area contributed by atoms with Gasteiger partial charge in [0.1, 0.15) is 0 Å². The van der Waals surface area contributed by atoms with Crippen LogP contribution in [-0.2, 0) is 6.42 Å². The molecule has 1 aromatic rings. The molecule has 0 radical (unpaired) electrons. The highest BCUT2D eigenvalue weighted by Gasteiger charge is 2.08. The smallest absolute Gasteiger partial charge is 0.0406 e. The maximum atomic E-state index is 6.03. The Bertz CT molecular complexity index is 298. The van der Waals surface area contributed by atoms with Gasteiger partial charge in [0.05, 0.1) is 0 Å². The Morgan fingerprint density at radius 3 is 2.53 bits per heavy atom. The normalized spacial score (nSPS) is 12.6. The third kappa shape index (κ3) is 6.59. The van der Waals surface area contributed by atoms with Crippen LogP contribution in [0.4, 0.5) is 0 Å². The number of hydrogen-bond donors (Lipinski definition) is 0. The molecule has 17 heavy (non-hydrogen) atoms. The van der Waals surface area contributed by atoms with Crippen molar-refractivity contribution in [2.45, 2.75) is 26.2 Å². The summed E-state index contributed by atoms with van der Waals surface area (Å²) in [4.78, 5) is 0. The van der Waals surface area contributed by atoms with Crippen LogP contribution in [0.3, 0.4) is 0 Å². The third-order valence-electron chi connectivity index (χ3n) is 2.76. The van der Waals surface area contributed by atoms with E-state index in [0.717, 1.165) is 17.3 Å². The van der Waals surface area contributed by atoms with E-state index in [1.807, 2.05) is 23.9 Å². The Kier molecular flexibility index (Phi) is 8.17. The minimum absolute atomic E-state index is 0.593. The van der Waals surface area contributed by atoms with Gasteiger partial charge in [-0.15, -0.1) is 11.6 Å². The van der Waals surface area contributed by atoms with Gasteiger partial charge < -0.3 is 0 Å². The Morgan fingerprint density at radius 2 is 1.94 bits per heavy atom. The number of benzene rings is 1. The van der Waals surface area contributed by atoms with Gasteiger partial charge in [-0.3, -0.25) is 0 Å². The largest absolute Gasteiger partial charge is 0.162 e. The minimum atomic E-state index is 0.593.